The topological polar surface area (TPSA) is 12.0 Å². The number of rotatable bonds is 3. The smallest absolute Gasteiger partial charge is 0.0323 e. The minimum absolute atomic E-state index is 0.597. The molecule has 1 saturated carbocycles. The number of hydrogen-bond donors (Lipinski definition) is 1. The Morgan fingerprint density at radius 1 is 1.00 bits per heavy atom. The summed E-state index contributed by atoms with van der Waals surface area (Å²) in [6.07, 6.45) is 8.38. The van der Waals surface area contributed by atoms with Crippen LogP contribution in [-0.2, 0) is 0 Å². The second-order valence-electron chi connectivity index (χ2n) is 7.21. The standard InChI is InChI=1S/C19H29N/c1-14-6-5-7-16(12-14)13-20-19-11-10-15(2)17-8-3-4-9-18(17)19/h3-4,8-9,14-16,19-20H,5-7,10-13H2,1-2H3. The summed E-state index contributed by atoms with van der Waals surface area (Å²) in [4.78, 5) is 0. The lowest BCUT2D eigenvalue weighted by atomic mass is 9.80. The summed E-state index contributed by atoms with van der Waals surface area (Å²) in [6, 6.07) is 9.66. The zero-order valence-corrected chi connectivity index (χ0v) is 13.1. The summed E-state index contributed by atoms with van der Waals surface area (Å²) in [6.45, 7) is 6.01. The van der Waals surface area contributed by atoms with Crippen LogP contribution in [0.25, 0.3) is 0 Å². The van der Waals surface area contributed by atoms with E-state index in [2.05, 4.69) is 43.4 Å². The fourth-order valence-corrected chi connectivity index (χ4v) is 4.27. The van der Waals surface area contributed by atoms with Crippen molar-refractivity contribution in [2.45, 2.75) is 64.3 Å². The van der Waals surface area contributed by atoms with E-state index in [1.807, 2.05) is 0 Å². The highest BCUT2D eigenvalue weighted by Gasteiger charge is 2.25. The summed E-state index contributed by atoms with van der Waals surface area (Å²) in [5.41, 5.74) is 3.14. The summed E-state index contributed by atoms with van der Waals surface area (Å²) in [5, 5.41) is 3.89. The van der Waals surface area contributed by atoms with Gasteiger partial charge in [0.15, 0.2) is 0 Å². The Morgan fingerprint density at radius 2 is 1.80 bits per heavy atom. The van der Waals surface area contributed by atoms with Crippen LogP contribution in [0.1, 0.15) is 75.5 Å². The first-order valence-electron chi connectivity index (χ1n) is 8.56. The molecule has 110 valence electrons. The molecule has 4 unspecified atom stereocenters. The van der Waals surface area contributed by atoms with Crippen LogP contribution in [0.5, 0.6) is 0 Å². The molecule has 0 saturated heterocycles. The van der Waals surface area contributed by atoms with Crippen LogP contribution in [0.2, 0.25) is 0 Å². The maximum Gasteiger partial charge on any atom is 0.0323 e. The monoisotopic (exact) mass is 271 g/mol. The fraction of sp³-hybridized carbons (Fsp3) is 0.684. The third-order valence-electron chi connectivity index (χ3n) is 5.49. The van der Waals surface area contributed by atoms with Crippen LogP contribution in [0.4, 0.5) is 0 Å². The molecule has 0 aliphatic heterocycles. The first-order valence-corrected chi connectivity index (χ1v) is 8.56. The molecule has 0 spiro atoms. The molecule has 2 aliphatic carbocycles. The van der Waals surface area contributed by atoms with Gasteiger partial charge in [-0.2, -0.15) is 0 Å². The predicted molar refractivity (Wildman–Crippen MR) is 86.0 cm³/mol. The third kappa shape index (κ3) is 3.09. The number of benzene rings is 1. The molecular formula is C19H29N. The lowest BCUT2D eigenvalue weighted by Gasteiger charge is -2.33. The van der Waals surface area contributed by atoms with Crippen molar-refractivity contribution in [1.82, 2.24) is 5.32 Å². The minimum atomic E-state index is 0.597. The Balaban J connectivity index is 1.62. The van der Waals surface area contributed by atoms with E-state index in [1.165, 1.54) is 45.1 Å². The van der Waals surface area contributed by atoms with Crippen molar-refractivity contribution in [3.8, 4) is 0 Å². The molecule has 4 atom stereocenters. The average Bonchev–Trinajstić information content (AvgIpc) is 2.47. The molecule has 0 heterocycles. The number of nitrogens with one attached hydrogen (secondary N) is 1. The molecule has 0 amide bonds. The van der Waals surface area contributed by atoms with Gasteiger partial charge in [-0.1, -0.05) is 51.0 Å². The average molecular weight is 271 g/mol. The van der Waals surface area contributed by atoms with Gasteiger partial charge in [0.2, 0.25) is 0 Å². The predicted octanol–water partition coefficient (Wildman–Crippen LogP) is 5.04. The molecule has 1 heteroatoms. The summed E-state index contributed by atoms with van der Waals surface area (Å²) in [5.74, 6) is 2.58. The van der Waals surface area contributed by atoms with E-state index in [9.17, 15) is 0 Å². The van der Waals surface area contributed by atoms with Gasteiger partial charge in [0.05, 0.1) is 0 Å². The van der Waals surface area contributed by atoms with Crippen molar-refractivity contribution in [3.63, 3.8) is 0 Å². The normalized spacial score (nSPS) is 33.7. The van der Waals surface area contributed by atoms with Crippen molar-refractivity contribution in [3.05, 3.63) is 35.4 Å². The van der Waals surface area contributed by atoms with Crippen LogP contribution < -0.4 is 5.32 Å². The zero-order chi connectivity index (χ0) is 13.9. The molecule has 20 heavy (non-hydrogen) atoms. The van der Waals surface area contributed by atoms with E-state index in [1.54, 1.807) is 11.1 Å². The van der Waals surface area contributed by atoms with Crippen molar-refractivity contribution in [1.29, 1.82) is 0 Å². The third-order valence-corrected chi connectivity index (χ3v) is 5.49. The van der Waals surface area contributed by atoms with Gasteiger partial charge >= 0.3 is 0 Å². The molecule has 0 aromatic heterocycles. The molecule has 2 aliphatic rings. The number of fused-ring (bicyclic) bond motifs is 1. The molecule has 1 N–H and O–H groups in total. The van der Waals surface area contributed by atoms with Gasteiger partial charge < -0.3 is 5.32 Å². The molecule has 0 bridgehead atoms. The van der Waals surface area contributed by atoms with Gasteiger partial charge in [0.25, 0.3) is 0 Å². The maximum absolute atomic E-state index is 3.89. The summed E-state index contributed by atoms with van der Waals surface area (Å²) >= 11 is 0. The highest BCUT2D eigenvalue weighted by Crippen LogP contribution is 2.37. The summed E-state index contributed by atoms with van der Waals surface area (Å²) in [7, 11) is 0. The van der Waals surface area contributed by atoms with E-state index in [4.69, 9.17) is 0 Å². The highest BCUT2D eigenvalue weighted by molar-refractivity contribution is 5.34. The van der Waals surface area contributed by atoms with E-state index < -0.39 is 0 Å². The second kappa shape index (κ2) is 6.30. The first kappa shape index (κ1) is 14.1. The lowest BCUT2D eigenvalue weighted by molar-refractivity contribution is 0.262. The van der Waals surface area contributed by atoms with E-state index >= 15 is 0 Å². The molecule has 0 radical (unpaired) electrons. The van der Waals surface area contributed by atoms with Crippen molar-refractivity contribution in [2.75, 3.05) is 6.54 Å². The second-order valence-corrected chi connectivity index (χ2v) is 7.21. The minimum Gasteiger partial charge on any atom is -0.310 e. The highest BCUT2D eigenvalue weighted by atomic mass is 14.9. The van der Waals surface area contributed by atoms with Crippen LogP contribution in [0.15, 0.2) is 24.3 Å². The lowest BCUT2D eigenvalue weighted by Crippen LogP contribution is -2.32. The van der Waals surface area contributed by atoms with Crippen molar-refractivity contribution < 1.29 is 0 Å². The quantitative estimate of drug-likeness (QED) is 0.812. The van der Waals surface area contributed by atoms with Gasteiger partial charge in [-0.25, -0.2) is 0 Å². The fourth-order valence-electron chi connectivity index (χ4n) is 4.27. The van der Waals surface area contributed by atoms with Crippen molar-refractivity contribution in [2.24, 2.45) is 11.8 Å². The van der Waals surface area contributed by atoms with Gasteiger partial charge in [0, 0.05) is 6.04 Å². The maximum atomic E-state index is 3.89. The van der Waals surface area contributed by atoms with Crippen LogP contribution in [0, 0.1) is 11.8 Å². The molecule has 1 fully saturated rings. The van der Waals surface area contributed by atoms with Gasteiger partial charge in [0.1, 0.15) is 0 Å². The van der Waals surface area contributed by atoms with Gasteiger partial charge in [-0.3, -0.25) is 0 Å². The SMILES string of the molecule is CC1CCCC(CNC2CCC(C)c3ccccc32)C1. The molecule has 1 nitrogen and oxygen atoms in total. The van der Waals surface area contributed by atoms with Crippen LogP contribution in [-0.4, -0.2) is 6.54 Å². The zero-order valence-electron chi connectivity index (χ0n) is 13.1. The van der Waals surface area contributed by atoms with E-state index in [0.29, 0.717) is 6.04 Å². The Kier molecular flexibility index (Phi) is 4.45. The van der Waals surface area contributed by atoms with E-state index in [-0.39, 0.29) is 0 Å². The van der Waals surface area contributed by atoms with Gasteiger partial charge in [-0.05, 0) is 61.1 Å². The van der Waals surface area contributed by atoms with Crippen LogP contribution >= 0.6 is 0 Å². The summed E-state index contributed by atoms with van der Waals surface area (Å²) < 4.78 is 0. The number of hydrogen-bond acceptors (Lipinski definition) is 1. The Morgan fingerprint density at radius 3 is 2.60 bits per heavy atom. The Hall–Kier alpha value is -0.820. The Labute approximate surface area is 124 Å². The molecule has 3 rings (SSSR count). The van der Waals surface area contributed by atoms with E-state index in [0.717, 1.165) is 17.8 Å². The Bertz CT molecular complexity index is 439. The molecule has 1 aromatic rings. The van der Waals surface area contributed by atoms with Crippen molar-refractivity contribution >= 4 is 0 Å². The molecular weight excluding hydrogens is 242 g/mol. The molecule has 1 aromatic carbocycles. The van der Waals surface area contributed by atoms with Crippen LogP contribution in [0.3, 0.4) is 0 Å². The largest absolute Gasteiger partial charge is 0.310 e. The van der Waals surface area contributed by atoms with Gasteiger partial charge in [-0.15, -0.1) is 0 Å². The first-order chi connectivity index (χ1) is 9.74.